The van der Waals surface area contributed by atoms with E-state index < -0.39 is 11.6 Å². The molecule has 0 spiro atoms. The van der Waals surface area contributed by atoms with Gasteiger partial charge >= 0.3 is 0 Å². The first-order valence-electron chi connectivity index (χ1n) is 4.88. The van der Waals surface area contributed by atoms with Gasteiger partial charge in [0.05, 0.1) is 18.2 Å². The lowest BCUT2D eigenvalue weighted by molar-refractivity contribution is -0.138. The van der Waals surface area contributed by atoms with Crippen LogP contribution in [0.1, 0.15) is 27.7 Å². The van der Waals surface area contributed by atoms with Gasteiger partial charge < -0.3 is 15.7 Å². The largest absolute Gasteiger partial charge is 0.394 e. The van der Waals surface area contributed by atoms with Gasteiger partial charge in [0.2, 0.25) is 5.91 Å². The van der Waals surface area contributed by atoms with E-state index in [-0.39, 0.29) is 18.4 Å². The number of hydrogen-bond acceptors (Lipinski definition) is 3. The van der Waals surface area contributed by atoms with Crippen LogP contribution in [0.2, 0.25) is 0 Å². The van der Waals surface area contributed by atoms with E-state index in [1.807, 2.05) is 13.8 Å². The van der Waals surface area contributed by atoms with Crippen LogP contribution in [-0.4, -0.2) is 41.1 Å². The molecule has 0 heterocycles. The third kappa shape index (κ3) is 2.96. The van der Waals surface area contributed by atoms with Crippen molar-refractivity contribution in [3.8, 4) is 0 Å². The molecule has 1 unspecified atom stereocenters. The van der Waals surface area contributed by atoms with Gasteiger partial charge in [0, 0.05) is 7.05 Å². The molecular formula is C10H22N2O2. The van der Waals surface area contributed by atoms with Crippen molar-refractivity contribution in [3.63, 3.8) is 0 Å². The molecule has 0 aromatic rings. The van der Waals surface area contributed by atoms with Crippen LogP contribution in [0.25, 0.3) is 0 Å². The second-order valence-electron chi connectivity index (χ2n) is 4.64. The maximum Gasteiger partial charge on any atom is 0.240 e. The molecule has 84 valence electrons. The monoisotopic (exact) mass is 202 g/mol. The molecule has 0 aliphatic carbocycles. The average molecular weight is 202 g/mol. The van der Waals surface area contributed by atoms with Crippen LogP contribution in [0, 0.1) is 5.92 Å². The maximum absolute atomic E-state index is 11.8. The molecule has 0 aliphatic heterocycles. The van der Waals surface area contributed by atoms with Gasteiger partial charge in [0.1, 0.15) is 0 Å². The summed E-state index contributed by atoms with van der Waals surface area (Å²) in [7, 11) is 1.67. The number of likely N-dealkylation sites (N-methyl/N-ethyl adjacent to an activating group) is 1. The molecule has 0 rings (SSSR count). The van der Waals surface area contributed by atoms with Crippen molar-refractivity contribution >= 4 is 5.91 Å². The molecule has 0 aromatic heterocycles. The maximum atomic E-state index is 11.8. The molecule has 4 nitrogen and oxygen atoms in total. The number of rotatable bonds is 4. The Kier molecular flexibility index (Phi) is 4.55. The van der Waals surface area contributed by atoms with E-state index >= 15 is 0 Å². The summed E-state index contributed by atoms with van der Waals surface area (Å²) in [5, 5.41) is 9.10. The molecular weight excluding hydrogens is 180 g/mol. The fourth-order valence-electron chi connectivity index (χ4n) is 0.913. The lowest BCUT2D eigenvalue weighted by atomic mass is 9.99. The van der Waals surface area contributed by atoms with E-state index in [0.717, 1.165) is 0 Å². The number of nitrogens with two attached hydrogens (primary N) is 1. The molecule has 3 N–H and O–H groups in total. The van der Waals surface area contributed by atoms with Crippen LogP contribution in [0.15, 0.2) is 0 Å². The van der Waals surface area contributed by atoms with Crippen LogP contribution >= 0.6 is 0 Å². The van der Waals surface area contributed by atoms with Crippen LogP contribution < -0.4 is 5.73 Å². The summed E-state index contributed by atoms with van der Waals surface area (Å²) in [5.41, 5.74) is 5.19. The summed E-state index contributed by atoms with van der Waals surface area (Å²) in [5.74, 6) is -0.0153. The van der Waals surface area contributed by atoms with Gasteiger partial charge in [0.25, 0.3) is 0 Å². The normalized spacial score (nSPS) is 14.3. The van der Waals surface area contributed by atoms with Gasteiger partial charge in [-0.3, -0.25) is 4.79 Å². The number of hydrogen-bond donors (Lipinski definition) is 2. The molecule has 0 saturated heterocycles. The van der Waals surface area contributed by atoms with Gasteiger partial charge in [-0.1, -0.05) is 13.8 Å². The fraction of sp³-hybridized carbons (Fsp3) is 0.900. The SMILES string of the molecule is CC(C)C(N)C(=O)N(C)C(C)(C)CO. The Morgan fingerprint density at radius 3 is 2.21 bits per heavy atom. The van der Waals surface area contributed by atoms with Gasteiger partial charge in [-0.2, -0.15) is 0 Å². The number of carbonyl (C=O) groups is 1. The van der Waals surface area contributed by atoms with Crippen molar-refractivity contribution in [1.29, 1.82) is 0 Å². The van der Waals surface area contributed by atoms with E-state index in [2.05, 4.69) is 0 Å². The lowest BCUT2D eigenvalue weighted by Crippen LogP contribution is -2.54. The number of aliphatic hydroxyl groups excluding tert-OH is 1. The third-order valence-electron chi connectivity index (χ3n) is 2.63. The Bertz CT molecular complexity index is 202. The summed E-state index contributed by atoms with van der Waals surface area (Å²) in [4.78, 5) is 13.3. The first-order chi connectivity index (χ1) is 6.24. The average Bonchev–Trinajstić information content (AvgIpc) is 2.14. The van der Waals surface area contributed by atoms with Crippen LogP contribution in [-0.2, 0) is 4.79 Å². The summed E-state index contributed by atoms with van der Waals surface area (Å²) in [6.45, 7) is 7.35. The summed E-state index contributed by atoms with van der Waals surface area (Å²) < 4.78 is 0. The van der Waals surface area contributed by atoms with Gasteiger partial charge in [-0.25, -0.2) is 0 Å². The quantitative estimate of drug-likeness (QED) is 0.684. The third-order valence-corrected chi connectivity index (χ3v) is 2.63. The fourth-order valence-corrected chi connectivity index (χ4v) is 0.913. The van der Waals surface area contributed by atoms with E-state index in [0.29, 0.717) is 0 Å². The highest BCUT2D eigenvalue weighted by atomic mass is 16.3. The highest BCUT2D eigenvalue weighted by Crippen LogP contribution is 2.14. The zero-order valence-electron chi connectivity index (χ0n) is 9.74. The molecule has 14 heavy (non-hydrogen) atoms. The Morgan fingerprint density at radius 2 is 1.93 bits per heavy atom. The predicted molar refractivity (Wildman–Crippen MR) is 56.7 cm³/mol. The molecule has 4 heteroatoms. The highest BCUT2D eigenvalue weighted by molar-refractivity contribution is 5.82. The minimum atomic E-state index is -0.552. The number of nitrogens with zero attached hydrogens (tertiary/aromatic N) is 1. The summed E-state index contributed by atoms with van der Waals surface area (Å²) in [6, 6.07) is -0.495. The molecule has 0 aliphatic rings. The van der Waals surface area contributed by atoms with Crippen molar-refractivity contribution in [3.05, 3.63) is 0 Å². The second kappa shape index (κ2) is 4.75. The zero-order valence-corrected chi connectivity index (χ0v) is 9.74. The number of carbonyl (C=O) groups excluding carboxylic acids is 1. The highest BCUT2D eigenvalue weighted by Gasteiger charge is 2.30. The Labute approximate surface area is 86.1 Å². The molecule has 1 atom stereocenters. The number of amides is 1. The standard InChI is InChI=1S/C10H22N2O2/c1-7(2)8(11)9(14)12(5)10(3,4)6-13/h7-8,13H,6,11H2,1-5H3. The van der Waals surface area contributed by atoms with Crippen molar-refractivity contribution in [2.24, 2.45) is 11.7 Å². The first kappa shape index (κ1) is 13.4. The summed E-state index contributed by atoms with van der Waals surface area (Å²) in [6.07, 6.45) is 0. The topological polar surface area (TPSA) is 66.6 Å². The van der Waals surface area contributed by atoms with Crippen molar-refractivity contribution in [2.75, 3.05) is 13.7 Å². The molecule has 1 amide bonds. The molecule has 0 saturated carbocycles. The van der Waals surface area contributed by atoms with Crippen LogP contribution in [0.3, 0.4) is 0 Å². The Morgan fingerprint density at radius 1 is 1.50 bits per heavy atom. The predicted octanol–water partition coefficient (Wildman–Crippen LogP) is 0.199. The number of aliphatic hydroxyl groups is 1. The van der Waals surface area contributed by atoms with Gasteiger partial charge in [-0.05, 0) is 19.8 Å². The smallest absolute Gasteiger partial charge is 0.240 e. The Hall–Kier alpha value is -0.610. The van der Waals surface area contributed by atoms with Crippen LogP contribution in [0.5, 0.6) is 0 Å². The van der Waals surface area contributed by atoms with Gasteiger partial charge in [0.15, 0.2) is 0 Å². The lowest BCUT2D eigenvalue weighted by Gasteiger charge is -2.36. The zero-order chi connectivity index (χ0) is 11.5. The van der Waals surface area contributed by atoms with E-state index in [4.69, 9.17) is 10.8 Å². The molecule has 0 radical (unpaired) electrons. The minimum absolute atomic E-state index is 0.0694. The van der Waals surface area contributed by atoms with Crippen molar-refractivity contribution in [2.45, 2.75) is 39.3 Å². The molecule has 0 fully saturated rings. The first-order valence-corrected chi connectivity index (χ1v) is 4.88. The van der Waals surface area contributed by atoms with E-state index in [9.17, 15) is 4.79 Å². The van der Waals surface area contributed by atoms with Gasteiger partial charge in [-0.15, -0.1) is 0 Å². The van der Waals surface area contributed by atoms with Crippen LogP contribution in [0.4, 0.5) is 0 Å². The van der Waals surface area contributed by atoms with E-state index in [1.54, 1.807) is 20.9 Å². The van der Waals surface area contributed by atoms with Crippen molar-refractivity contribution < 1.29 is 9.90 Å². The minimum Gasteiger partial charge on any atom is -0.394 e. The van der Waals surface area contributed by atoms with Crippen molar-refractivity contribution in [1.82, 2.24) is 4.90 Å². The summed E-state index contributed by atoms with van der Waals surface area (Å²) >= 11 is 0. The molecule has 0 bridgehead atoms. The second-order valence-corrected chi connectivity index (χ2v) is 4.64. The molecule has 0 aromatic carbocycles. The Balaban J connectivity index is 4.55. The van der Waals surface area contributed by atoms with E-state index in [1.165, 1.54) is 4.90 Å².